The zero-order valence-electron chi connectivity index (χ0n) is 7.70. The Hall–Kier alpha value is -1.42. The summed E-state index contributed by atoms with van der Waals surface area (Å²) in [7, 11) is 3.19. The summed E-state index contributed by atoms with van der Waals surface area (Å²) in [5.74, 6) is -0.334. The van der Waals surface area contributed by atoms with Crippen molar-refractivity contribution in [3.05, 3.63) is 29.6 Å². The number of hydrogen-bond acceptors (Lipinski definition) is 4. The molecule has 0 aliphatic heterocycles. The van der Waals surface area contributed by atoms with E-state index in [0.29, 0.717) is 12.1 Å². The summed E-state index contributed by atoms with van der Waals surface area (Å²) in [4.78, 5) is 15.2. The highest BCUT2D eigenvalue weighted by Gasteiger charge is 2.05. The number of rotatable bonds is 3. The van der Waals surface area contributed by atoms with E-state index >= 15 is 0 Å². The van der Waals surface area contributed by atoms with E-state index in [0.717, 1.165) is 5.69 Å². The molecular weight excluding hydrogens is 168 g/mol. The molecule has 4 nitrogen and oxygen atoms in total. The molecule has 1 rings (SSSR count). The van der Waals surface area contributed by atoms with Gasteiger partial charge in [0.2, 0.25) is 0 Å². The summed E-state index contributed by atoms with van der Waals surface area (Å²) < 4.78 is 4.58. The van der Waals surface area contributed by atoms with Gasteiger partial charge in [0.15, 0.2) is 0 Å². The molecule has 0 spiro atoms. The SMILES string of the molecule is CNCc1cc(C(=O)OC)ccn1. The van der Waals surface area contributed by atoms with Gasteiger partial charge in [-0.3, -0.25) is 4.98 Å². The Morgan fingerprint density at radius 3 is 3.08 bits per heavy atom. The fourth-order valence-corrected chi connectivity index (χ4v) is 1.00. The van der Waals surface area contributed by atoms with Crippen LogP contribution in [-0.4, -0.2) is 25.1 Å². The largest absolute Gasteiger partial charge is 0.465 e. The Labute approximate surface area is 76.9 Å². The van der Waals surface area contributed by atoms with E-state index in [4.69, 9.17) is 0 Å². The number of esters is 1. The third kappa shape index (κ3) is 2.52. The molecule has 0 atom stereocenters. The maximum absolute atomic E-state index is 11.1. The lowest BCUT2D eigenvalue weighted by atomic mass is 10.2. The highest BCUT2D eigenvalue weighted by Crippen LogP contribution is 2.02. The fourth-order valence-electron chi connectivity index (χ4n) is 1.00. The van der Waals surface area contributed by atoms with Gasteiger partial charge in [0.25, 0.3) is 0 Å². The molecule has 0 amide bonds. The highest BCUT2D eigenvalue weighted by molar-refractivity contribution is 5.89. The second kappa shape index (κ2) is 4.57. The first-order valence-electron chi connectivity index (χ1n) is 3.95. The maximum atomic E-state index is 11.1. The maximum Gasteiger partial charge on any atom is 0.337 e. The van der Waals surface area contributed by atoms with Gasteiger partial charge < -0.3 is 10.1 Å². The van der Waals surface area contributed by atoms with Crippen molar-refractivity contribution in [3.8, 4) is 0 Å². The Balaban J connectivity index is 2.85. The van der Waals surface area contributed by atoms with Crippen molar-refractivity contribution in [2.45, 2.75) is 6.54 Å². The van der Waals surface area contributed by atoms with Crippen molar-refractivity contribution in [2.24, 2.45) is 0 Å². The number of nitrogens with one attached hydrogen (secondary N) is 1. The van der Waals surface area contributed by atoms with Gasteiger partial charge >= 0.3 is 5.97 Å². The molecule has 0 saturated carbocycles. The van der Waals surface area contributed by atoms with Gasteiger partial charge in [-0.05, 0) is 19.2 Å². The number of pyridine rings is 1. The summed E-state index contributed by atoms with van der Waals surface area (Å²) >= 11 is 0. The zero-order chi connectivity index (χ0) is 9.68. The van der Waals surface area contributed by atoms with Crippen LogP contribution >= 0.6 is 0 Å². The molecule has 1 heterocycles. The molecule has 13 heavy (non-hydrogen) atoms. The molecule has 0 aromatic carbocycles. The van der Waals surface area contributed by atoms with Crippen LogP contribution in [0.4, 0.5) is 0 Å². The Bertz CT molecular complexity index is 299. The quantitative estimate of drug-likeness (QED) is 0.691. The monoisotopic (exact) mass is 180 g/mol. The van der Waals surface area contributed by atoms with E-state index in [2.05, 4.69) is 15.0 Å². The van der Waals surface area contributed by atoms with Crippen LogP contribution in [-0.2, 0) is 11.3 Å². The molecule has 0 aliphatic carbocycles. The molecule has 1 N–H and O–H groups in total. The smallest absolute Gasteiger partial charge is 0.337 e. The number of ether oxygens (including phenoxy) is 1. The molecule has 0 unspecified atom stereocenters. The van der Waals surface area contributed by atoms with Crippen molar-refractivity contribution < 1.29 is 9.53 Å². The van der Waals surface area contributed by atoms with E-state index in [9.17, 15) is 4.79 Å². The predicted octanol–water partition coefficient (Wildman–Crippen LogP) is 0.588. The van der Waals surface area contributed by atoms with Gasteiger partial charge in [-0.15, -0.1) is 0 Å². The van der Waals surface area contributed by atoms with Gasteiger partial charge in [-0.25, -0.2) is 4.79 Å². The van der Waals surface area contributed by atoms with E-state index in [-0.39, 0.29) is 5.97 Å². The Kier molecular flexibility index (Phi) is 3.40. The molecule has 0 bridgehead atoms. The van der Waals surface area contributed by atoms with Gasteiger partial charge in [0.05, 0.1) is 18.4 Å². The minimum Gasteiger partial charge on any atom is -0.465 e. The summed E-state index contributed by atoms with van der Waals surface area (Å²) in [5, 5.41) is 2.95. The van der Waals surface area contributed by atoms with Crippen molar-refractivity contribution in [1.29, 1.82) is 0 Å². The summed E-state index contributed by atoms with van der Waals surface area (Å²) in [5.41, 5.74) is 1.35. The van der Waals surface area contributed by atoms with Crippen LogP contribution in [0.3, 0.4) is 0 Å². The molecular formula is C9H12N2O2. The van der Waals surface area contributed by atoms with Gasteiger partial charge in [0, 0.05) is 12.7 Å². The second-order valence-electron chi connectivity index (χ2n) is 2.56. The van der Waals surface area contributed by atoms with Gasteiger partial charge in [-0.2, -0.15) is 0 Å². The van der Waals surface area contributed by atoms with E-state index in [1.165, 1.54) is 7.11 Å². The molecule has 4 heteroatoms. The molecule has 0 saturated heterocycles. The highest BCUT2D eigenvalue weighted by atomic mass is 16.5. The van der Waals surface area contributed by atoms with Gasteiger partial charge in [-0.1, -0.05) is 0 Å². The van der Waals surface area contributed by atoms with Crippen LogP contribution in [0.15, 0.2) is 18.3 Å². The first kappa shape index (κ1) is 9.67. The average Bonchev–Trinajstić information content (AvgIpc) is 2.18. The van der Waals surface area contributed by atoms with Crippen LogP contribution in [0, 0.1) is 0 Å². The number of carbonyl (C=O) groups excluding carboxylic acids is 1. The van der Waals surface area contributed by atoms with Crippen molar-refractivity contribution >= 4 is 5.97 Å². The third-order valence-corrected chi connectivity index (χ3v) is 1.60. The van der Waals surface area contributed by atoms with E-state index < -0.39 is 0 Å². The predicted molar refractivity (Wildman–Crippen MR) is 48.3 cm³/mol. The van der Waals surface area contributed by atoms with Crippen LogP contribution in [0.1, 0.15) is 16.1 Å². The number of hydrogen-bond donors (Lipinski definition) is 1. The first-order chi connectivity index (χ1) is 6.27. The summed E-state index contributed by atoms with van der Waals surface area (Å²) in [6.45, 7) is 0.644. The van der Waals surface area contributed by atoms with Crippen LogP contribution in [0.5, 0.6) is 0 Å². The minimum absolute atomic E-state index is 0.334. The fraction of sp³-hybridized carbons (Fsp3) is 0.333. The molecule has 0 aliphatic rings. The molecule has 1 aromatic heterocycles. The Morgan fingerprint density at radius 2 is 2.46 bits per heavy atom. The van der Waals surface area contributed by atoms with Crippen molar-refractivity contribution in [2.75, 3.05) is 14.2 Å². The van der Waals surface area contributed by atoms with Crippen molar-refractivity contribution in [3.63, 3.8) is 0 Å². The topological polar surface area (TPSA) is 51.2 Å². The number of aromatic nitrogens is 1. The van der Waals surface area contributed by atoms with Crippen LogP contribution < -0.4 is 5.32 Å². The first-order valence-corrected chi connectivity index (χ1v) is 3.95. The zero-order valence-corrected chi connectivity index (χ0v) is 7.70. The van der Waals surface area contributed by atoms with Crippen molar-refractivity contribution in [1.82, 2.24) is 10.3 Å². The molecule has 70 valence electrons. The van der Waals surface area contributed by atoms with E-state index in [1.807, 2.05) is 7.05 Å². The second-order valence-corrected chi connectivity index (χ2v) is 2.56. The minimum atomic E-state index is -0.334. The summed E-state index contributed by atoms with van der Waals surface area (Å²) in [6, 6.07) is 3.34. The van der Waals surface area contributed by atoms with Crippen LogP contribution in [0.25, 0.3) is 0 Å². The molecule has 1 aromatic rings. The average molecular weight is 180 g/mol. The third-order valence-electron chi connectivity index (χ3n) is 1.60. The van der Waals surface area contributed by atoms with Gasteiger partial charge in [0.1, 0.15) is 0 Å². The molecule has 0 fully saturated rings. The Morgan fingerprint density at radius 1 is 1.69 bits per heavy atom. The van der Waals surface area contributed by atoms with Crippen LogP contribution in [0.2, 0.25) is 0 Å². The lowest BCUT2D eigenvalue weighted by Gasteiger charge is -2.01. The lowest BCUT2D eigenvalue weighted by molar-refractivity contribution is 0.0600. The number of carbonyl (C=O) groups is 1. The normalized spacial score (nSPS) is 9.69. The van der Waals surface area contributed by atoms with E-state index in [1.54, 1.807) is 18.3 Å². The molecule has 0 radical (unpaired) electrons. The number of nitrogens with zero attached hydrogens (tertiary/aromatic N) is 1. The summed E-state index contributed by atoms with van der Waals surface area (Å²) in [6.07, 6.45) is 1.60. The standard InChI is InChI=1S/C9H12N2O2/c1-10-6-8-5-7(3-4-11-8)9(12)13-2/h3-5,10H,6H2,1-2H3. The number of methoxy groups -OCH3 is 1. The lowest BCUT2D eigenvalue weighted by Crippen LogP contribution is -2.09.